The molecule has 9 heteroatoms. The quantitative estimate of drug-likeness (QED) is 0.599. The van der Waals surface area contributed by atoms with Crippen LogP contribution in [0.15, 0.2) is 39.5 Å². The fourth-order valence-electron chi connectivity index (χ4n) is 2.25. The van der Waals surface area contributed by atoms with E-state index in [1.54, 1.807) is 18.2 Å². The molecule has 3 rings (SSSR count). The van der Waals surface area contributed by atoms with E-state index in [0.717, 1.165) is 11.1 Å². The molecule has 1 N–H and O–H groups in total. The fraction of sp³-hybridized carbons (Fsp3) is 0.222. The summed E-state index contributed by atoms with van der Waals surface area (Å²) in [6, 6.07) is 6.98. The molecule has 0 saturated heterocycles. The molecule has 3 aromatic rings. The number of esters is 1. The van der Waals surface area contributed by atoms with Gasteiger partial charge in [-0.25, -0.2) is 0 Å². The highest BCUT2D eigenvalue weighted by molar-refractivity contribution is 7.08. The van der Waals surface area contributed by atoms with Gasteiger partial charge in [-0.1, -0.05) is 16.8 Å². The summed E-state index contributed by atoms with van der Waals surface area (Å²) in [4.78, 5) is 27.9. The predicted octanol–water partition coefficient (Wildman–Crippen LogP) is 3.87. The van der Waals surface area contributed by atoms with Gasteiger partial charge < -0.3 is 14.6 Å². The molecule has 2 heterocycles. The van der Waals surface area contributed by atoms with Gasteiger partial charge in [-0.05, 0) is 42.1 Å². The van der Waals surface area contributed by atoms with Gasteiger partial charge in [-0.15, -0.1) is 0 Å². The molecule has 0 aliphatic heterocycles. The third kappa shape index (κ3) is 5.38. The molecule has 2 aromatic heterocycles. The summed E-state index contributed by atoms with van der Waals surface area (Å²) in [7, 11) is 0. The Morgan fingerprint density at radius 3 is 2.93 bits per heavy atom. The SMILES string of the molecule is Cc1cc(Cl)ccc1NC(=O)COC(=O)CCc1nc(-c2ccsc2)no1. The van der Waals surface area contributed by atoms with Crippen LogP contribution in [0.2, 0.25) is 5.02 Å². The molecule has 27 heavy (non-hydrogen) atoms. The van der Waals surface area contributed by atoms with Gasteiger partial charge in [0, 0.05) is 28.1 Å². The third-order valence-corrected chi connectivity index (χ3v) is 4.54. The lowest BCUT2D eigenvalue weighted by Gasteiger charge is -2.09. The second-order valence-electron chi connectivity index (χ2n) is 5.69. The van der Waals surface area contributed by atoms with Crippen molar-refractivity contribution in [3.05, 3.63) is 51.5 Å². The van der Waals surface area contributed by atoms with Crippen LogP contribution in [-0.2, 0) is 20.7 Å². The van der Waals surface area contributed by atoms with Gasteiger partial charge >= 0.3 is 5.97 Å². The standard InChI is InChI=1S/C18H16ClN3O4S/c1-11-8-13(19)2-3-14(11)20-15(23)9-25-17(24)5-4-16-21-18(22-26-16)12-6-7-27-10-12/h2-3,6-8,10H,4-5,9H2,1H3,(H,20,23). The van der Waals surface area contributed by atoms with E-state index in [2.05, 4.69) is 15.5 Å². The first-order chi connectivity index (χ1) is 13.0. The minimum Gasteiger partial charge on any atom is -0.456 e. The molecular formula is C18H16ClN3O4S. The van der Waals surface area contributed by atoms with Gasteiger partial charge in [0.25, 0.3) is 5.91 Å². The summed E-state index contributed by atoms with van der Waals surface area (Å²) in [6.07, 6.45) is 0.284. The van der Waals surface area contributed by atoms with Gasteiger partial charge in [-0.2, -0.15) is 16.3 Å². The lowest BCUT2D eigenvalue weighted by molar-refractivity contribution is -0.147. The second kappa shape index (κ2) is 8.79. The highest BCUT2D eigenvalue weighted by Crippen LogP contribution is 2.20. The van der Waals surface area contributed by atoms with Crippen LogP contribution in [0, 0.1) is 6.92 Å². The average Bonchev–Trinajstić information content (AvgIpc) is 3.32. The number of hydrogen-bond donors (Lipinski definition) is 1. The number of amides is 1. The van der Waals surface area contributed by atoms with E-state index >= 15 is 0 Å². The van der Waals surface area contributed by atoms with Crippen LogP contribution in [0.5, 0.6) is 0 Å². The Balaban J connectivity index is 1.42. The summed E-state index contributed by atoms with van der Waals surface area (Å²) >= 11 is 7.41. The number of halogens is 1. The van der Waals surface area contributed by atoms with Crippen LogP contribution >= 0.6 is 22.9 Å². The molecule has 0 atom stereocenters. The number of carbonyl (C=O) groups is 2. The molecule has 0 aliphatic rings. The van der Waals surface area contributed by atoms with Crippen molar-refractivity contribution in [3.8, 4) is 11.4 Å². The van der Waals surface area contributed by atoms with Crippen molar-refractivity contribution in [2.45, 2.75) is 19.8 Å². The van der Waals surface area contributed by atoms with Crippen molar-refractivity contribution in [1.82, 2.24) is 10.1 Å². The van der Waals surface area contributed by atoms with E-state index in [1.807, 2.05) is 23.8 Å². The number of thiophene rings is 1. The molecule has 140 valence electrons. The van der Waals surface area contributed by atoms with E-state index < -0.39 is 11.9 Å². The first kappa shape index (κ1) is 19.1. The maximum absolute atomic E-state index is 11.9. The Bertz CT molecular complexity index is 940. The van der Waals surface area contributed by atoms with Crippen molar-refractivity contribution in [1.29, 1.82) is 0 Å². The number of nitrogens with one attached hydrogen (secondary N) is 1. The number of nitrogens with zero attached hydrogens (tertiary/aromatic N) is 2. The lowest BCUT2D eigenvalue weighted by Crippen LogP contribution is -2.21. The smallest absolute Gasteiger partial charge is 0.306 e. The number of ether oxygens (including phenoxy) is 1. The number of rotatable bonds is 7. The number of anilines is 1. The van der Waals surface area contributed by atoms with Crippen molar-refractivity contribution in [2.24, 2.45) is 0 Å². The Kier molecular flexibility index (Phi) is 6.20. The van der Waals surface area contributed by atoms with Crippen molar-refractivity contribution in [2.75, 3.05) is 11.9 Å². The minimum absolute atomic E-state index is 0.0402. The highest BCUT2D eigenvalue weighted by atomic mass is 35.5. The predicted molar refractivity (Wildman–Crippen MR) is 102 cm³/mol. The Morgan fingerprint density at radius 2 is 2.19 bits per heavy atom. The monoisotopic (exact) mass is 405 g/mol. The topological polar surface area (TPSA) is 94.3 Å². The van der Waals surface area contributed by atoms with Crippen LogP contribution < -0.4 is 5.32 Å². The zero-order chi connectivity index (χ0) is 19.2. The molecule has 0 spiro atoms. The molecule has 0 unspecified atom stereocenters. The van der Waals surface area contributed by atoms with Crippen molar-refractivity contribution in [3.63, 3.8) is 0 Å². The van der Waals surface area contributed by atoms with E-state index in [0.29, 0.717) is 22.4 Å². The molecule has 0 fully saturated rings. The van der Waals surface area contributed by atoms with Gasteiger partial charge in [0.1, 0.15) is 0 Å². The van der Waals surface area contributed by atoms with Gasteiger partial charge in [-0.3, -0.25) is 9.59 Å². The van der Waals surface area contributed by atoms with Crippen LogP contribution in [-0.4, -0.2) is 28.6 Å². The second-order valence-corrected chi connectivity index (χ2v) is 6.91. The van der Waals surface area contributed by atoms with Gasteiger partial charge in [0.05, 0.1) is 6.42 Å². The highest BCUT2D eigenvalue weighted by Gasteiger charge is 2.13. The van der Waals surface area contributed by atoms with E-state index in [1.165, 1.54) is 11.3 Å². The normalized spacial score (nSPS) is 10.6. The first-order valence-corrected chi connectivity index (χ1v) is 9.40. The largest absolute Gasteiger partial charge is 0.456 e. The summed E-state index contributed by atoms with van der Waals surface area (Å²) in [6.45, 7) is 1.45. The Hall–Kier alpha value is -2.71. The molecule has 0 aliphatic carbocycles. The van der Waals surface area contributed by atoms with E-state index in [4.69, 9.17) is 20.9 Å². The van der Waals surface area contributed by atoms with Gasteiger partial charge in [0.15, 0.2) is 6.61 Å². The number of aromatic nitrogens is 2. The summed E-state index contributed by atoms with van der Waals surface area (Å²) < 4.78 is 10.1. The minimum atomic E-state index is -0.520. The third-order valence-electron chi connectivity index (χ3n) is 3.62. The van der Waals surface area contributed by atoms with E-state index in [-0.39, 0.29) is 19.4 Å². The van der Waals surface area contributed by atoms with Crippen molar-refractivity contribution >= 4 is 40.5 Å². The maximum Gasteiger partial charge on any atom is 0.306 e. The molecule has 0 radical (unpaired) electrons. The van der Waals surface area contributed by atoms with Crippen LogP contribution in [0.4, 0.5) is 5.69 Å². The molecular weight excluding hydrogens is 390 g/mol. The molecule has 7 nitrogen and oxygen atoms in total. The van der Waals surface area contributed by atoms with E-state index in [9.17, 15) is 9.59 Å². The zero-order valence-electron chi connectivity index (χ0n) is 14.4. The first-order valence-electron chi connectivity index (χ1n) is 8.08. The number of hydrogen-bond acceptors (Lipinski definition) is 7. The summed E-state index contributed by atoms with van der Waals surface area (Å²) in [5.41, 5.74) is 2.30. The number of aryl methyl sites for hydroxylation is 2. The summed E-state index contributed by atoms with van der Waals surface area (Å²) in [5.74, 6) is -0.119. The van der Waals surface area contributed by atoms with Crippen LogP contribution in [0.25, 0.3) is 11.4 Å². The van der Waals surface area contributed by atoms with Crippen LogP contribution in [0.1, 0.15) is 17.9 Å². The molecule has 0 bridgehead atoms. The lowest BCUT2D eigenvalue weighted by atomic mass is 10.2. The Labute approximate surface area is 164 Å². The number of benzene rings is 1. The number of carbonyl (C=O) groups excluding carboxylic acids is 2. The fourth-order valence-corrected chi connectivity index (χ4v) is 3.11. The molecule has 1 amide bonds. The molecule has 0 saturated carbocycles. The maximum atomic E-state index is 11.9. The average molecular weight is 406 g/mol. The van der Waals surface area contributed by atoms with Crippen molar-refractivity contribution < 1.29 is 18.8 Å². The summed E-state index contributed by atoms with van der Waals surface area (Å²) in [5, 5.41) is 10.9. The van der Waals surface area contributed by atoms with Crippen LogP contribution in [0.3, 0.4) is 0 Å². The Morgan fingerprint density at radius 1 is 1.33 bits per heavy atom. The zero-order valence-corrected chi connectivity index (χ0v) is 16.0. The van der Waals surface area contributed by atoms with Gasteiger partial charge in [0.2, 0.25) is 11.7 Å². The molecule has 1 aromatic carbocycles.